The van der Waals surface area contributed by atoms with Gasteiger partial charge in [0.15, 0.2) is 0 Å². The van der Waals surface area contributed by atoms with Gasteiger partial charge in [0, 0.05) is 26.2 Å². The van der Waals surface area contributed by atoms with Crippen LogP contribution in [0.1, 0.15) is 79.1 Å². The summed E-state index contributed by atoms with van der Waals surface area (Å²) in [7, 11) is 0. The molecule has 29 heavy (non-hydrogen) atoms. The highest BCUT2D eigenvalue weighted by Gasteiger charge is 2.29. The fourth-order valence-electron chi connectivity index (χ4n) is 3.61. The number of benzene rings is 1. The van der Waals surface area contributed by atoms with Crippen molar-refractivity contribution in [2.24, 2.45) is 0 Å². The molecule has 2 heterocycles. The zero-order valence-corrected chi connectivity index (χ0v) is 19.1. The number of rotatable bonds is 14. The van der Waals surface area contributed by atoms with Crippen molar-refractivity contribution in [3.8, 4) is 11.5 Å². The predicted octanol–water partition coefficient (Wildman–Crippen LogP) is 5.85. The summed E-state index contributed by atoms with van der Waals surface area (Å²) in [5.74, 6) is 1.64. The minimum absolute atomic E-state index is 0.446. The summed E-state index contributed by atoms with van der Waals surface area (Å²) in [6, 6.07) is 7.88. The van der Waals surface area contributed by atoms with Gasteiger partial charge in [-0.15, -0.1) is 0 Å². The normalized spacial score (nSPS) is 19.0. The minimum Gasteiger partial charge on any atom is -0.451 e. The van der Waals surface area contributed by atoms with E-state index in [1.165, 1.54) is 38.5 Å². The molecule has 2 unspecified atom stereocenters. The van der Waals surface area contributed by atoms with Crippen LogP contribution in [0.5, 0.6) is 11.5 Å². The van der Waals surface area contributed by atoms with E-state index in [4.69, 9.17) is 14.2 Å². The van der Waals surface area contributed by atoms with E-state index < -0.39 is 12.8 Å². The van der Waals surface area contributed by atoms with Crippen LogP contribution in [0.25, 0.3) is 0 Å². The highest BCUT2D eigenvalue weighted by Crippen LogP contribution is 2.26. The molecule has 5 nitrogen and oxygen atoms in total. The molecule has 2 atom stereocenters. The van der Waals surface area contributed by atoms with Crippen LogP contribution in [0.2, 0.25) is 0 Å². The molecule has 0 aliphatic carbocycles. The summed E-state index contributed by atoms with van der Waals surface area (Å²) in [4.78, 5) is 4.55. The Morgan fingerprint density at radius 1 is 0.621 bits per heavy atom. The summed E-state index contributed by atoms with van der Waals surface area (Å²) in [6.07, 6.45) is 8.95. The van der Waals surface area contributed by atoms with Crippen LogP contribution in [-0.4, -0.2) is 48.8 Å². The highest BCUT2D eigenvalue weighted by molar-refractivity contribution is 5.31. The smallest absolute Gasteiger partial charge is 0.266 e. The second-order valence-corrected chi connectivity index (χ2v) is 7.84. The molecule has 2 aliphatic rings. The molecule has 2 bridgehead atoms. The van der Waals surface area contributed by atoms with Gasteiger partial charge in [-0.2, -0.15) is 0 Å². The lowest BCUT2D eigenvalue weighted by atomic mass is 10.2. The Hall–Kier alpha value is -1.30. The van der Waals surface area contributed by atoms with Crippen LogP contribution in [0, 0.1) is 0 Å². The summed E-state index contributed by atoms with van der Waals surface area (Å²) in [5, 5.41) is 0. The molecular weight excluding hydrogens is 364 g/mol. The van der Waals surface area contributed by atoms with E-state index in [-0.39, 0.29) is 0 Å². The largest absolute Gasteiger partial charge is 0.451 e. The van der Waals surface area contributed by atoms with Gasteiger partial charge in [0.05, 0.1) is 0 Å². The molecular formula is C24H42N2O3. The topological polar surface area (TPSA) is 34.2 Å². The lowest BCUT2D eigenvalue weighted by molar-refractivity contribution is -0.285. The maximum atomic E-state index is 6.46. The second kappa shape index (κ2) is 13.8. The van der Waals surface area contributed by atoms with Gasteiger partial charge in [0.2, 0.25) is 0 Å². The molecule has 1 aromatic carbocycles. The van der Waals surface area contributed by atoms with Crippen LogP contribution < -0.4 is 9.47 Å². The average molecular weight is 407 g/mol. The third-order valence-corrected chi connectivity index (χ3v) is 5.54. The van der Waals surface area contributed by atoms with E-state index in [1.54, 1.807) is 0 Å². The van der Waals surface area contributed by atoms with Crippen molar-refractivity contribution < 1.29 is 14.2 Å². The van der Waals surface area contributed by atoms with E-state index in [2.05, 4.69) is 37.5 Å². The van der Waals surface area contributed by atoms with Crippen LogP contribution in [0.15, 0.2) is 24.3 Å². The molecule has 0 spiro atoms. The monoisotopic (exact) mass is 406 g/mol. The molecule has 0 N–H and O–H groups in total. The van der Waals surface area contributed by atoms with Crippen molar-refractivity contribution in [1.29, 1.82) is 0 Å². The maximum Gasteiger partial charge on any atom is 0.266 e. The molecule has 0 radical (unpaired) electrons. The van der Waals surface area contributed by atoms with Crippen LogP contribution >= 0.6 is 0 Å². The van der Waals surface area contributed by atoms with E-state index in [0.717, 1.165) is 50.5 Å². The predicted molar refractivity (Wildman–Crippen MR) is 119 cm³/mol. The van der Waals surface area contributed by atoms with Gasteiger partial charge in [0.1, 0.15) is 11.5 Å². The first kappa shape index (κ1) is 24.0. The molecule has 0 aromatic heterocycles. The van der Waals surface area contributed by atoms with E-state index in [9.17, 15) is 0 Å². The zero-order chi connectivity index (χ0) is 20.9. The van der Waals surface area contributed by atoms with Gasteiger partial charge in [-0.3, -0.25) is 4.74 Å². The van der Waals surface area contributed by atoms with Gasteiger partial charge in [-0.05, 0) is 37.1 Å². The maximum absolute atomic E-state index is 6.46. The van der Waals surface area contributed by atoms with E-state index in [1.807, 2.05) is 24.3 Å². The first-order chi connectivity index (χ1) is 14.2. The third kappa shape index (κ3) is 8.15. The number of nitrogens with zero attached hydrogens (tertiary/aromatic N) is 2. The molecule has 1 aromatic rings. The van der Waals surface area contributed by atoms with Crippen LogP contribution in [0.4, 0.5) is 0 Å². The van der Waals surface area contributed by atoms with Gasteiger partial charge in [-0.25, -0.2) is 9.80 Å². The lowest BCUT2D eigenvalue weighted by Gasteiger charge is -2.36. The number of hydrogen-bond donors (Lipinski definition) is 0. The first-order valence-corrected chi connectivity index (χ1v) is 11.8. The average Bonchev–Trinajstić information content (AvgIpc) is 2.88. The standard InChI is InChI=1S/C24H42N2O3/c1-5-9-11-13-19-25(7-3)23-27-21-15-17-22(18-16-21)28-24(29-23)26(8-4)20-14-12-10-6-2/h15-18,23-24H,5-14,19-20H2,1-4H3. The van der Waals surface area contributed by atoms with Crippen LogP contribution in [0.3, 0.4) is 0 Å². The first-order valence-electron chi connectivity index (χ1n) is 11.8. The van der Waals surface area contributed by atoms with Crippen molar-refractivity contribution in [3.63, 3.8) is 0 Å². The third-order valence-electron chi connectivity index (χ3n) is 5.54. The van der Waals surface area contributed by atoms with Gasteiger partial charge in [0.25, 0.3) is 12.8 Å². The number of fused-ring (bicyclic) bond motifs is 6. The van der Waals surface area contributed by atoms with Crippen molar-refractivity contribution in [2.75, 3.05) is 26.2 Å². The van der Waals surface area contributed by atoms with Crippen molar-refractivity contribution >= 4 is 0 Å². The molecule has 0 fully saturated rings. The Morgan fingerprint density at radius 3 is 1.38 bits per heavy atom. The fraction of sp³-hybridized carbons (Fsp3) is 0.750. The Kier molecular flexibility index (Phi) is 11.4. The zero-order valence-electron chi connectivity index (χ0n) is 19.1. The van der Waals surface area contributed by atoms with Crippen molar-refractivity contribution in [3.05, 3.63) is 24.3 Å². The molecule has 5 heteroatoms. The van der Waals surface area contributed by atoms with E-state index in [0.29, 0.717) is 0 Å². The molecule has 0 amide bonds. The molecule has 2 aliphatic heterocycles. The summed E-state index contributed by atoms with van der Waals surface area (Å²) < 4.78 is 19.0. The lowest BCUT2D eigenvalue weighted by Crippen LogP contribution is -2.50. The fourth-order valence-corrected chi connectivity index (χ4v) is 3.61. The molecule has 0 saturated heterocycles. The molecule has 166 valence electrons. The quantitative estimate of drug-likeness (QED) is 0.362. The van der Waals surface area contributed by atoms with Crippen molar-refractivity contribution in [1.82, 2.24) is 9.80 Å². The minimum atomic E-state index is -0.446. The van der Waals surface area contributed by atoms with Crippen molar-refractivity contribution in [2.45, 2.75) is 91.9 Å². The number of hydrogen-bond acceptors (Lipinski definition) is 5. The summed E-state index contributed by atoms with van der Waals surface area (Å²) in [6.45, 7) is 12.5. The number of ether oxygens (including phenoxy) is 3. The Bertz CT molecular complexity index is 490. The number of unbranched alkanes of at least 4 members (excludes halogenated alkanes) is 6. The van der Waals surface area contributed by atoms with Gasteiger partial charge >= 0.3 is 0 Å². The Labute approximate surface area is 178 Å². The van der Waals surface area contributed by atoms with Gasteiger partial charge in [-0.1, -0.05) is 66.2 Å². The van der Waals surface area contributed by atoms with Crippen LogP contribution in [-0.2, 0) is 4.74 Å². The van der Waals surface area contributed by atoms with E-state index >= 15 is 0 Å². The molecule has 0 saturated carbocycles. The Balaban J connectivity index is 2.09. The SMILES string of the molecule is CCCCCCN(CC)C1Oc2ccc(cc2)OC(N(CC)CCCCCC)O1. The highest BCUT2D eigenvalue weighted by atomic mass is 16.8. The molecule has 3 rings (SSSR count). The summed E-state index contributed by atoms with van der Waals surface area (Å²) in [5.41, 5.74) is 0. The second-order valence-electron chi connectivity index (χ2n) is 7.84. The van der Waals surface area contributed by atoms with Gasteiger partial charge < -0.3 is 9.47 Å². The summed E-state index contributed by atoms with van der Waals surface area (Å²) >= 11 is 0. The Morgan fingerprint density at radius 2 is 1.03 bits per heavy atom.